The molecule has 1 amide bonds. The van der Waals surface area contributed by atoms with Crippen molar-refractivity contribution in [3.63, 3.8) is 0 Å². The van der Waals surface area contributed by atoms with Gasteiger partial charge in [-0.15, -0.1) is 0 Å². The number of ether oxygens (including phenoxy) is 2. The van der Waals surface area contributed by atoms with Crippen LogP contribution in [0.2, 0.25) is 0 Å². The van der Waals surface area contributed by atoms with Gasteiger partial charge in [0.2, 0.25) is 0 Å². The Labute approximate surface area is 117 Å². The van der Waals surface area contributed by atoms with Gasteiger partial charge >= 0.3 is 13.2 Å². The molecule has 1 unspecified atom stereocenters. The quantitative estimate of drug-likeness (QED) is 0.568. The highest BCUT2D eigenvalue weighted by Gasteiger charge is 2.27. The van der Waals surface area contributed by atoms with Crippen LogP contribution in [0.4, 0.5) is 10.5 Å². The Hall–Kier alpha value is -1.93. The van der Waals surface area contributed by atoms with E-state index in [0.717, 1.165) is 0 Å². The molecule has 0 bridgehead atoms. The zero-order chi connectivity index (χ0) is 14.9. The number of anilines is 1. The van der Waals surface area contributed by atoms with Gasteiger partial charge in [0.15, 0.2) is 0 Å². The van der Waals surface area contributed by atoms with Crippen LogP contribution in [0.15, 0.2) is 18.2 Å². The number of carbonyl (C=O) groups excluding carboxylic acids is 1. The zero-order valence-corrected chi connectivity index (χ0v) is 11.5. The average Bonchev–Trinajstić information content (AvgIpc) is 2.66. The van der Waals surface area contributed by atoms with Gasteiger partial charge in [-0.05, 0) is 38.4 Å². The van der Waals surface area contributed by atoms with Crippen molar-refractivity contribution in [2.24, 2.45) is 0 Å². The molecule has 0 saturated carbocycles. The van der Waals surface area contributed by atoms with E-state index in [1.807, 2.05) is 0 Å². The van der Waals surface area contributed by atoms with E-state index in [1.54, 1.807) is 26.8 Å². The molecule has 8 heteroatoms. The molecular weight excluding hydrogens is 263 g/mol. The van der Waals surface area contributed by atoms with Crippen LogP contribution in [0.25, 0.3) is 0 Å². The molecule has 1 heterocycles. The molecule has 2 rings (SSSR count). The summed E-state index contributed by atoms with van der Waals surface area (Å²) in [5.74, 6) is 0.510. The van der Waals surface area contributed by atoms with Gasteiger partial charge in [-0.3, -0.25) is 5.32 Å². The first-order valence-electron chi connectivity index (χ1n) is 6.17. The van der Waals surface area contributed by atoms with E-state index in [9.17, 15) is 4.79 Å². The lowest BCUT2D eigenvalue weighted by Gasteiger charge is -2.21. The summed E-state index contributed by atoms with van der Waals surface area (Å²) in [7, 11) is -1.56. The molecule has 1 aromatic carbocycles. The smallest absolute Gasteiger partial charge is 0.450 e. The monoisotopic (exact) mass is 280 g/mol. The summed E-state index contributed by atoms with van der Waals surface area (Å²) in [6.07, 6.45) is -1.36. The van der Waals surface area contributed by atoms with Crippen LogP contribution in [0, 0.1) is 0 Å². The van der Waals surface area contributed by atoms with Crippen molar-refractivity contribution >= 4 is 24.4 Å². The Kier molecular flexibility index (Phi) is 3.78. The maximum Gasteiger partial charge on any atom is 0.488 e. The fraction of sp³-hybridized carbons (Fsp3) is 0.417. The average molecular weight is 280 g/mol. The van der Waals surface area contributed by atoms with E-state index in [-0.39, 0.29) is 0 Å². The highest BCUT2D eigenvalue weighted by molar-refractivity contribution is 6.58. The fourth-order valence-electron chi connectivity index (χ4n) is 1.70. The van der Waals surface area contributed by atoms with E-state index in [0.29, 0.717) is 16.9 Å². The SMILES string of the molecule is CC(C)(C)OC(=O)NC1Nc2cc(B(O)O)ccc2O1. The largest absolute Gasteiger partial charge is 0.488 e. The number of fused-ring (bicyclic) bond motifs is 1. The summed E-state index contributed by atoms with van der Waals surface area (Å²) in [6, 6.07) is 4.66. The molecular formula is C12H17BN2O5. The Morgan fingerprint density at radius 2 is 2.15 bits per heavy atom. The molecule has 7 nitrogen and oxygen atoms in total. The predicted molar refractivity (Wildman–Crippen MR) is 73.7 cm³/mol. The van der Waals surface area contributed by atoms with Crippen LogP contribution in [0.3, 0.4) is 0 Å². The third kappa shape index (κ3) is 3.55. The molecule has 1 aliphatic rings. The maximum atomic E-state index is 11.6. The van der Waals surface area contributed by atoms with E-state index in [2.05, 4.69) is 10.6 Å². The number of hydrogen-bond donors (Lipinski definition) is 4. The summed E-state index contributed by atoms with van der Waals surface area (Å²) in [4.78, 5) is 11.6. The van der Waals surface area contributed by atoms with Crippen molar-refractivity contribution in [2.45, 2.75) is 32.7 Å². The highest BCUT2D eigenvalue weighted by atomic mass is 16.6. The fourth-order valence-corrected chi connectivity index (χ4v) is 1.70. The second kappa shape index (κ2) is 5.22. The van der Waals surface area contributed by atoms with Gasteiger partial charge in [0.1, 0.15) is 11.4 Å². The van der Waals surface area contributed by atoms with Gasteiger partial charge in [0.25, 0.3) is 6.35 Å². The van der Waals surface area contributed by atoms with Crippen LogP contribution in [0.1, 0.15) is 20.8 Å². The van der Waals surface area contributed by atoms with Crippen molar-refractivity contribution in [2.75, 3.05) is 5.32 Å². The summed E-state index contributed by atoms with van der Waals surface area (Å²) < 4.78 is 10.6. The van der Waals surface area contributed by atoms with Gasteiger partial charge in [0.05, 0.1) is 5.69 Å². The topological polar surface area (TPSA) is 100 Å². The van der Waals surface area contributed by atoms with Crippen molar-refractivity contribution in [3.05, 3.63) is 18.2 Å². The van der Waals surface area contributed by atoms with Gasteiger partial charge in [0, 0.05) is 0 Å². The number of amides is 1. The lowest BCUT2D eigenvalue weighted by Crippen LogP contribution is -2.44. The number of benzene rings is 1. The molecule has 0 saturated heterocycles. The summed E-state index contributed by atoms with van der Waals surface area (Å²) in [5, 5.41) is 23.6. The lowest BCUT2D eigenvalue weighted by molar-refractivity contribution is 0.0436. The lowest BCUT2D eigenvalue weighted by atomic mass is 9.80. The van der Waals surface area contributed by atoms with E-state index < -0.39 is 25.2 Å². The summed E-state index contributed by atoms with van der Waals surface area (Å²) in [6.45, 7) is 5.29. The minimum absolute atomic E-state index is 0.331. The molecule has 1 aromatic rings. The first-order valence-corrected chi connectivity index (χ1v) is 6.17. The second-order valence-corrected chi connectivity index (χ2v) is 5.42. The van der Waals surface area contributed by atoms with Gasteiger partial charge in [-0.25, -0.2) is 4.79 Å². The zero-order valence-electron chi connectivity index (χ0n) is 11.5. The molecule has 0 aromatic heterocycles. The standard InChI is InChI=1S/C12H17BN2O5/c1-12(2,3)20-11(16)15-10-14-8-6-7(13(17)18)4-5-9(8)19-10/h4-6,10,14,17-18H,1-3H3,(H,15,16). The minimum atomic E-state index is -1.56. The van der Waals surface area contributed by atoms with Crippen molar-refractivity contribution in [1.82, 2.24) is 5.32 Å². The number of nitrogens with one attached hydrogen (secondary N) is 2. The third-order valence-electron chi connectivity index (χ3n) is 2.48. The first kappa shape index (κ1) is 14.5. The Morgan fingerprint density at radius 3 is 2.75 bits per heavy atom. The highest BCUT2D eigenvalue weighted by Crippen LogP contribution is 2.29. The van der Waals surface area contributed by atoms with Crippen LogP contribution < -0.4 is 20.8 Å². The molecule has 1 atom stereocenters. The van der Waals surface area contributed by atoms with Crippen molar-refractivity contribution in [1.29, 1.82) is 0 Å². The molecule has 20 heavy (non-hydrogen) atoms. The molecule has 4 N–H and O–H groups in total. The number of alkyl carbamates (subject to hydrolysis) is 1. The second-order valence-electron chi connectivity index (χ2n) is 5.42. The van der Waals surface area contributed by atoms with Crippen LogP contribution >= 0.6 is 0 Å². The number of rotatable bonds is 2. The van der Waals surface area contributed by atoms with E-state index >= 15 is 0 Å². The van der Waals surface area contributed by atoms with Gasteiger partial charge in [-0.1, -0.05) is 6.07 Å². The molecule has 108 valence electrons. The number of carbonyl (C=O) groups is 1. The Bertz CT molecular complexity index is 515. The summed E-state index contributed by atoms with van der Waals surface area (Å²) >= 11 is 0. The van der Waals surface area contributed by atoms with Crippen LogP contribution in [-0.2, 0) is 4.74 Å². The third-order valence-corrected chi connectivity index (χ3v) is 2.48. The van der Waals surface area contributed by atoms with E-state index in [1.165, 1.54) is 12.1 Å². The van der Waals surface area contributed by atoms with Crippen LogP contribution in [-0.4, -0.2) is 35.2 Å². The Balaban J connectivity index is 1.98. The molecule has 0 spiro atoms. The molecule has 0 radical (unpaired) electrons. The summed E-state index contributed by atoms with van der Waals surface area (Å²) in [5.41, 5.74) is 0.304. The minimum Gasteiger partial charge on any atom is -0.450 e. The normalized spacial score (nSPS) is 16.8. The van der Waals surface area contributed by atoms with Gasteiger partial charge < -0.3 is 24.8 Å². The number of hydrogen-bond acceptors (Lipinski definition) is 6. The van der Waals surface area contributed by atoms with Crippen LogP contribution in [0.5, 0.6) is 5.75 Å². The van der Waals surface area contributed by atoms with E-state index in [4.69, 9.17) is 19.5 Å². The molecule has 1 aliphatic heterocycles. The Morgan fingerprint density at radius 1 is 1.45 bits per heavy atom. The predicted octanol–water partition coefficient (Wildman–Crippen LogP) is -0.0210. The van der Waals surface area contributed by atoms with Gasteiger partial charge in [-0.2, -0.15) is 0 Å². The maximum absolute atomic E-state index is 11.6. The first-order chi connectivity index (χ1) is 9.24. The molecule has 0 aliphatic carbocycles. The molecule has 0 fully saturated rings. The van der Waals surface area contributed by atoms with Crippen molar-refractivity contribution in [3.8, 4) is 5.75 Å². The van der Waals surface area contributed by atoms with Crippen molar-refractivity contribution < 1.29 is 24.3 Å².